The summed E-state index contributed by atoms with van der Waals surface area (Å²) in [4.78, 5) is 0.222. The van der Waals surface area contributed by atoms with E-state index in [1.165, 1.54) is 0 Å². The second-order valence-corrected chi connectivity index (χ2v) is 6.42. The van der Waals surface area contributed by atoms with E-state index in [9.17, 15) is 8.42 Å². The zero-order valence-corrected chi connectivity index (χ0v) is 12.9. The molecule has 0 radical (unpaired) electrons. The lowest BCUT2D eigenvalue weighted by atomic mass is 10.1. The number of aromatic nitrogens is 3. The van der Waals surface area contributed by atoms with Crippen LogP contribution in [0, 0.1) is 6.92 Å². The molecule has 1 aromatic carbocycles. The zero-order valence-electron chi connectivity index (χ0n) is 12.1. The van der Waals surface area contributed by atoms with Gasteiger partial charge in [-0.1, -0.05) is 6.07 Å². The largest absolute Gasteiger partial charge is 0.326 e. The molecule has 0 spiro atoms. The van der Waals surface area contributed by atoms with Crippen LogP contribution in [0.2, 0.25) is 0 Å². The van der Waals surface area contributed by atoms with Gasteiger partial charge in [-0.05, 0) is 37.1 Å². The molecule has 0 saturated carbocycles. The summed E-state index contributed by atoms with van der Waals surface area (Å²) in [6, 6.07) is 4.91. The number of hydrogen-bond donors (Lipinski definition) is 2. The Balaban J connectivity index is 2.17. The molecule has 21 heavy (non-hydrogen) atoms. The Morgan fingerprint density at radius 3 is 2.76 bits per heavy atom. The Labute approximate surface area is 124 Å². The molecule has 0 aliphatic heterocycles. The summed E-state index contributed by atoms with van der Waals surface area (Å²) in [7, 11) is -3.58. The van der Waals surface area contributed by atoms with Crippen molar-refractivity contribution in [2.24, 2.45) is 5.73 Å². The van der Waals surface area contributed by atoms with Gasteiger partial charge >= 0.3 is 0 Å². The van der Waals surface area contributed by atoms with Crippen molar-refractivity contribution in [2.45, 2.75) is 38.4 Å². The number of rotatable bonds is 6. The van der Waals surface area contributed by atoms with Gasteiger partial charge in [-0.15, -0.1) is 10.2 Å². The highest BCUT2D eigenvalue weighted by atomic mass is 32.2. The topological polar surface area (TPSA) is 103 Å². The number of nitrogens with zero attached hydrogens (tertiary/aromatic N) is 3. The van der Waals surface area contributed by atoms with Gasteiger partial charge in [-0.3, -0.25) is 0 Å². The fraction of sp³-hybridized carbons (Fsp3) is 0.385. The molecule has 0 aliphatic rings. The molecule has 2 aromatic rings. The molecule has 114 valence electrons. The lowest BCUT2D eigenvalue weighted by Gasteiger charge is -2.09. The van der Waals surface area contributed by atoms with Crippen molar-refractivity contribution in [3.63, 3.8) is 0 Å². The van der Waals surface area contributed by atoms with E-state index in [2.05, 4.69) is 14.9 Å². The first-order valence-electron chi connectivity index (χ1n) is 6.64. The molecule has 0 atom stereocenters. The maximum Gasteiger partial charge on any atom is 0.240 e. The molecule has 8 heteroatoms. The smallest absolute Gasteiger partial charge is 0.240 e. The summed E-state index contributed by atoms with van der Waals surface area (Å²) in [5.74, 6) is 0.580. The Bertz CT molecular complexity index is 724. The zero-order chi connectivity index (χ0) is 15.5. The SMILES string of the molecule is CCn1cnnc1CNS(=O)(=O)c1ccc(CN)c(C)c1. The van der Waals surface area contributed by atoms with Gasteiger partial charge in [0, 0.05) is 13.1 Å². The van der Waals surface area contributed by atoms with Crippen LogP contribution >= 0.6 is 0 Å². The van der Waals surface area contributed by atoms with E-state index in [0.29, 0.717) is 18.9 Å². The van der Waals surface area contributed by atoms with E-state index in [1.54, 1.807) is 29.1 Å². The van der Waals surface area contributed by atoms with Gasteiger partial charge in [0.25, 0.3) is 0 Å². The summed E-state index contributed by atoms with van der Waals surface area (Å²) in [6.07, 6.45) is 1.57. The molecule has 3 N–H and O–H groups in total. The van der Waals surface area contributed by atoms with E-state index in [-0.39, 0.29) is 11.4 Å². The van der Waals surface area contributed by atoms with Crippen molar-refractivity contribution in [2.75, 3.05) is 0 Å². The van der Waals surface area contributed by atoms with Gasteiger partial charge in [-0.2, -0.15) is 0 Å². The van der Waals surface area contributed by atoms with Crippen LogP contribution in [0.3, 0.4) is 0 Å². The molecule has 1 heterocycles. The van der Waals surface area contributed by atoms with Crippen LogP contribution in [0.25, 0.3) is 0 Å². The summed E-state index contributed by atoms with van der Waals surface area (Å²) < 4.78 is 28.9. The van der Waals surface area contributed by atoms with Gasteiger partial charge in [0.2, 0.25) is 10.0 Å². The van der Waals surface area contributed by atoms with Crippen molar-refractivity contribution in [1.82, 2.24) is 19.5 Å². The number of sulfonamides is 1. The molecule has 0 aliphatic carbocycles. The van der Waals surface area contributed by atoms with E-state index in [4.69, 9.17) is 5.73 Å². The van der Waals surface area contributed by atoms with E-state index >= 15 is 0 Å². The van der Waals surface area contributed by atoms with Crippen molar-refractivity contribution in [1.29, 1.82) is 0 Å². The van der Waals surface area contributed by atoms with Crippen LogP contribution in [-0.4, -0.2) is 23.2 Å². The molecule has 0 amide bonds. The summed E-state index contributed by atoms with van der Waals surface area (Å²) in [5.41, 5.74) is 7.37. The number of nitrogens with one attached hydrogen (secondary N) is 1. The van der Waals surface area contributed by atoms with Gasteiger partial charge in [0.1, 0.15) is 12.2 Å². The van der Waals surface area contributed by atoms with Crippen molar-refractivity contribution in [3.05, 3.63) is 41.5 Å². The average molecular weight is 309 g/mol. The quantitative estimate of drug-likeness (QED) is 0.811. The van der Waals surface area contributed by atoms with Crippen LogP contribution in [0.5, 0.6) is 0 Å². The number of nitrogens with two attached hydrogens (primary N) is 1. The standard InChI is InChI=1S/C13H19N5O2S/c1-3-18-9-15-17-13(18)8-16-21(19,20)12-5-4-11(7-14)10(2)6-12/h4-6,9,16H,3,7-8,14H2,1-2H3. The minimum atomic E-state index is -3.58. The highest BCUT2D eigenvalue weighted by Crippen LogP contribution is 2.15. The van der Waals surface area contributed by atoms with Gasteiger partial charge in [-0.25, -0.2) is 13.1 Å². The van der Waals surface area contributed by atoms with E-state index in [1.807, 2.05) is 13.8 Å². The fourth-order valence-electron chi connectivity index (χ4n) is 1.99. The van der Waals surface area contributed by atoms with Gasteiger partial charge < -0.3 is 10.3 Å². The maximum absolute atomic E-state index is 12.3. The average Bonchev–Trinajstić information content (AvgIpc) is 2.92. The Morgan fingerprint density at radius 1 is 1.38 bits per heavy atom. The molecule has 7 nitrogen and oxygen atoms in total. The number of aryl methyl sites for hydroxylation is 2. The van der Waals surface area contributed by atoms with Crippen molar-refractivity contribution >= 4 is 10.0 Å². The lowest BCUT2D eigenvalue weighted by molar-refractivity contribution is 0.575. The number of hydrogen-bond acceptors (Lipinski definition) is 5. The van der Waals surface area contributed by atoms with E-state index in [0.717, 1.165) is 11.1 Å². The summed E-state index contributed by atoms with van der Waals surface area (Å²) in [6.45, 7) is 4.96. The van der Waals surface area contributed by atoms with Crippen LogP contribution in [0.15, 0.2) is 29.4 Å². The first kappa shape index (κ1) is 15.6. The Kier molecular flexibility index (Phi) is 4.71. The minimum absolute atomic E-state index is 0.105. The normalized spacial score (nSPS) is 11.8. The van der Waals surface area contributed by atoms with E-state index < -0.39 is 10.0 Å². The third kappa shape index (κ3) is 3.46. The molecule has 0 fully saturated rings. The highest BCUT2D eigenvalue weighted by Gasteiger charge is 2.16. The molecule has 1 aromatic heterocycles. The maximum atomic E-state index is 12.3. The molecule has 0 bridgehead atoms. The Hall–Kier alpha value is -1.77. The molecule has 0 unspecified atom stereocenters. The fourth-order valence-corrected chi connectivity index (χ4v) is 3.05. The van der Waals surface area contributed by atoms with Crippen molar-refractivity contribution < 1.29 is 8.42 Å². The highest BCUT2D eigenvalue weighted by molar-refractivity contribution is 7.89. The third-order valence-corrected chi connectivity index (χ3v) is 4.70. The van der Waals surface area contributed by atoms with Crippen LogP contribution in [0.4, 0.5) is 0 Å². The molecular weight excluding hydrogens is 290 g/mol. The van der Waals surface area contributed by atoms with Crippen LogP contribution < -0.4 is 10.5 Å². The summed E-state index contributed by atoms with van der Waals surface area (Å²) in [5, 5.41) is 7.67. The third-order valence-electron chi connectivity index (χ3n) is 3.30. The van der Waals surface area contributed by atoms with Crippen LogP contribution in [-0.2, 0) is 29.7 Å². The van der Waals surface area contributed by atoms with Gasteiger partial charge in [0.05, 0.1) is 11.4 Å². The molecule has 0 saturated heterocycles. The van der Waals surface area contributed by atoms with Gasteiger partial charge in [0.15, 0.2) is 0 Å². The molecule has 2 rings (SSSR count). The minimum Gasteiger partial charge on any atom is -0.326 e. The van der Waals surface area contributed by atoms with Crippen molar-refractivity contribution in [3.8, 4) is 0 Å². The lowest BCUT2D eigenvalue weighted by Crippen LogP contribution is -2.25. The number of benzene rings is 1. The second kappa shape index (κ2) is 6.33. The Morgan fingerprint density at radius 2 is 2.14 bits per heavy atom. The first-order chi connectivity index (χ1) is 9.97. The predicted molar refractivity (Wildman–Crippen MR) is 78.8 cm³/mol. The monoisotopic (exact) mass is 309 g/mol. The summed E-state index contributed by atoms with van der Waals surface area (Å²) >= 11 is 0. The molecular formula is C13H19N5O2S. The second-order valence-electron chi connectivity index (χ2n) is 4.65. The predicted octanol–water partition coefficient (Wildman–Crippen LogP) is 0.544. The van der Waals surface area contributed by atoms with Crippen LogP contribution in [0.1, 0.15) is 23.9 Å². The first-order valence-corrected chi connectivity index (χ1v) is 8.12.